The van der Waals surface area contributed by atoms with E-state index >= 15 is 0 Å². The number of nitrogens with one attached hydrogen (secondary N) is 2. The predicted molar refractivity (Wildman–Crippen MR) is 93.5 cm³/mol. The number of amides is 1. The van der Waals surface area contributed by atoms with Gasteiger partial charge in [0.1, 0.15) is 5.56 Å². The minimum Gasteiger partial charge on any atom is -0.343 e. The third-order valence-electron chi connectivity index (χ3n) is 4.40. The normalized spacial score (nSPS) is 15.2. The molecule has 2 heterocycles. The van der Waals surface area contributed by atoms with Crippen molar-refractivity contribution in [2.24, 2.45) is 5.92 Å². The fourth-order valence-corrected chi connectivity index (χ4v) is 3.08. The van der Waals surface area contributed by atoms with Gasteiger partial charge in [-0.1, -0.05) is 17.7 Å². The summed E-state index contributed by atoms with van der Waals surface area (Å²) in [6, 6.07) is 5.58. The van der Waals surface area contributed by atoms with Gasteiger partial charge in [-0.15, -0.1) is 0 Å². The monoisotopic (exact) mass is 345 g/mol. The van der Waals surface area contributed by atoms with E-state index in [1.807, 2.05) is 25.1 Å². The highest BCUT2D eigenvalue weighted by atomic mass is 35.5. The second kappa shape index (κ2) is 6.40. The first kappa shape index (κ1) is 16.7. The van der Waals surface area contributed by atoms with Gasteiger partial charge in [0.05, 0.1) is 16.8 Å². The van der Waals surface area contributed by atoms with Crippen molar-refractivity contribution in [1.29, 1.82) is 0 Å². The number of carbonyl (C=O) groups is 1. The van der Waals surface area contributed by atoms with Gasteiger partial charge in [0.25, 0.3) is 11.5 Å². The Labute approximate surface area is 145 Å². The fraction of sp³-hybridized carbons (Fsp3) is 0.389. The number of aromatic amines is 1. The molecule has 1 saturated carbocycles. The first-order valence-corrected chi connectivity index (χ1v) is 8.39. The Morgan fingerprint density at radius 3 is 2.67 bits per heavy atom. The molecule has 0 spiro atoms. The molecule has 1 aliphatic rings. The Balaban J connectivity index is 1.93. The maximum Gasteiger partial charge on any atom is 0.261 e. The highest BCUT2D eigenvalue weighted by Crippen LogP contribution is 2.40. The molecular weight excluding hydrogens is 326 g/mol. The van der Waals surface area contributed by atoms with Gasteiger partial charge in [0, 0.05) is 11.4 Å². The average molecular weight is 346 g/mol. The number of aromatic nitrogens is 2. The van der Waals surface area contributed by atoms with Crippen LogP contribution in [0.3, 0.4) is 0 Å². The maximum absolute atomic E-state index is 12.7. The molecular formula is C18H20ClN3O2. The SMILES string of the molecule is Cc1cccc([C@@H](NC(=O)c2c(C)c(Cl)c(C)[nH]c2=O)C2CC2)n1. The van der Waals surface area contributed by atoms with E-state index in [4.69, 9.17) is 11.6 Å². The van der Waals surface area contributed by atoms with Gasteiger partial charge >= 0.3 is 0 Å². The smallest absolute Gasteiger partial charge is 0.261 e. The summed E-state index contributed by atoms with van der Waals surface area (Å²) in [5.74, 6) is -0.0422. The summed E-state index contributed by atoms with van der Waals surface area (Å²) in [6.45, 7) is 5.32. The van der Waals surface area contributed by atoms with Crippen molar-refractivity contribution in [1.82, 2.24) is 15.3 Å². The van der Waals surface area contributed by atoms with Crippen LogP contribution in [0.15, 0.2) is 23.0 Å². The van der Waals surface area contributed by atoms with Crippen molar-refractivity contribution in [3.8, 4) is 0 Å². The van der Waals surface area contributed by atoms with Crippen LogP contribution < -0.4 is 10.9 Å². The molecule has 0 aromatic carbocycles. The molecule has 1 fully saturated rings. The summed E-state index contributed by atoms with van der Waals surface area (Å²) in [5, 5.41) is 3.40. The zero-order valence-corrected chi connectivity index (χ0v) is 14.7. The first-order chi connectivity index (χ1) is 11.4. The van der Waals surface area contributed by atoms with Gasteiger partial charge < -0.3 is 10.3 Å². The molecule has 2 aromatic heterocycles. The number of hydrogen-bond donors (Lipinski definition) is 2. The van der Waals surface area contributed by atoms with E-state index in [9.17, 15) is 9.59 Å². The highest BCUT2D eigenvalue weighted by Gasteiger charge is 2.35. The number of H-pyrrole nitrogens is 1. The second-order valence-corrected chi connectivity index (χ2v) is 6.76. The zero-order valence-electron chi connectivity index (χ0n) is 13.9. The van der Waals surface area contributed by atoms with E-state index in [-0.39, 0.29) is 11.6 Å². The Hall–Kier alpha value is -2.14. The Kier molecular flexibility index (Phi) is 4.45. The van der Waals surface area contributed by atoms with E-state index in [0.717, 1.165) is 24.2 Å². The van der Waals surface area contributed by atoms with Crippen LogP contribution in [0.2, 0.25) is 5.02 Å². The fourth-order valence-electron chi connectivity index (χ4n) is 2.94. The second-order valence-electron chi connectivity index (χ2n) is 6.39. The number of rotatable bonds is 4. The lowest BCUT2D eigenvalue weighted by Crippen LogP contribution is -2.35. The molecule has 2 aromatic rings. The Morgan fingerprint density at radius 1 is 1.33 bits per heavy atom. The number of pyridine rings is 2. The van der Waals surface area contributed by atoms with E-state index in [0.29, 0.717) is 22.2 Å². The number of aryl methyl sites for hydroxylation is 2. The predicted octanol–water partition coefficient (Wildman–Crippen LogP) is 3.23. The number of nitrogens with zero attached hydrogens (tertiary/aromatic N) is 1. The summed E-state index contributed by atoms with van der Waals surface area (Å²) in [4.78, 5) is 32.1. The first-order valence-electron chi connectivity index (χ1n) is 8.02. The van der Waals surface area contributed by atoms with Crippen molar-refractivity contribution >= 4 is 17.5 Å². The molecule has 6 heteroatoms. The van der Waals surface area contributed by atoms with Crippen LogP contribution in [0.25, 0.3) is 0 Å². The van der Waals surface area contributed by atoms with Crippen LogP contribution in [0.5, 0.6) is 0 Å². The van der Waals surface area contributed by atoms with Crippen LogP contribution in [-0.4, -0.2) is 15.9 Å². The summed E-state index contributed by atoms with van der Waals surface area (Å²) in [5.41, 5.74) is 2.46. The van der Waals surface area contributed by atoms with Crippen LogP contribution in [-0.2, 0) is 0 Å². The van der Waals surface area contributed by atoms with Crippen molar-refractivity contribution < 1.29 is 4.79 Å². The largest absolute Gasteiger partial charge is 0.343 e. The van der Waals surface area contributed by atoms with Crippen LogP contribution in [0, 0.1) is 26.7 Å². The molecule has 5 nitrogen and oxygen atoms in total. The van der Waals surface area contributed by atoms with Crippen molar-refractivity contribution in [3.63, 3.8) is 0 Å². The highest BCUT2D eigenvalue weighted by molar-refractivity contribution is 6.32. The van der Waals surface area contributed by atoms with Crippen LogP contribution in [0.1, 0.15) is 51.9 Å². The summed E-state index contributed by atoms with van der Waals surface area (Å²) < 4.78 is 0. The zero-order chi connectivity index (χ0) is 17.4. The Bertz CT molecular complexity index is 856. The van der Waals surface area contributed by atoms with Crippen molar-refractivity contribution in [2.45, 2.75) is 39.7 Å². The Morgan fingerprint density at radius 2 is 2.04 bits per heavy atom. The maximum atomic E-state index is 12.7. The number of hydrogen-bond acceptors (Lipinski definition) is 3. The lowest BCUT2D eigenvalue weighted by Gasteiger charge is -2.19. The average Bonchev–Trinajstić information content (AvgIpc) is 3.35. The minimum atomic E-state index is -0.418. The van der Waals surface area contributed by atoms with Gasteiger partial charge in [-0.2, -0.15) is 0 Å². The molecule has 24 heavy (non-hydrogen) atoms. The minimum absolute atomic E-state index is 0.0731. The molecule has 1 amide bonds. The standard InChI is InChI=1S/C18H20ClN3O2/c1-9-5-4-6-13(20-9)16(12-7-8-12)22-18(24)14-10(2)15(19)11(3)21-17(14)23/h4-6,12,16H,7-8H2,1-3H3,(H,21,23)(H,22,24)/t16-/m0/s1. The molecule has 2 N–H and O–H groups in total. The van der Waals surface area contributed by atoms with Gasteiger partial charge in [0.2, 0.25) is 0 Å². The van der Waals surface area contributed by atoms with E-state index in [1.165, 1.54) is 0 Å². The van der Waals surface area contributed by atoms with Crippen LogP contribution >= 0.6 is 11.6 Å². The molecule has 1 aliphatic carbocycles. The van der Waals surface area contributed by atoms with Gasteiger partial charge in [-0.05, 0) is 57.2 Å². The molecule has 126 valence electrons. The van der Waals surface area contributed by atoms with E-state index < -0.39 is 11.5 Å². The number of carbonyl (C=O) groups excluding carboxylic acids is 1. The topological polar surface area (TPSA) is 74.8 Å². The third-order valence-corrected chi connectivity index (χ3v) is 4.96. The summed E-state index contributed by atoms with van der Waals surface area (Å²) in [6.07, 6.45) is 2.09. The van der Waals surface area contributed by atoms with Crippen molar-refractivity contribution in [2.75, 3.05) is 0 Å². The summed E-state index contributed by atoms with van der Waals surface area (Å²) in [7, 11) is 0. The third kappa shape index (κ3) is 3.22. The van der Waals surface area contributed by atoms with E-state index in [1.54, 1.807) is 13.8 Å². The van der Waals surface area contributed by atoms with E-state index in [2.05, 4.69) is 15.3 Å². The molecule has 0 bridgehead atoms. The van der Waals surface area contributed by atoms with Gasteiger partial charge in [-0.25, -0.2) is 0 Å². The molecule has 0 aliphatic heterocycles. The lowest BCUT2D eigenvalue weighted by molar-refractivity contribution is 0.0928. The molecule has 0 saturated heterocycles. The quantitative estimate of drug-likeness (QED) is 0.893. The molecule has 1 atom stereocenters. The summed E-state index contributed by atoms with van der Waals surface area (Å²) >= 11 is 6.19. The van der Waals surface area contributed by atoms with Crippen molar-refractivity contribution in [3.05, 3.63) is 61.8 Å². The van der Waals surface area contributed by atoms with Crippen LogP contribution in [0.4, 0.5) is 0 Å². The van der Waals surface area contributed by atoms with Gasteiger partial charge in [0.15, 0.2) is 0 Å². The number of halogens is 1. The molecule has 3 rings (SSSR count). The molecule has 0 unspecified atom stereocenters. The lowest BCUT2D eigenvalue weighted by atomic mass is 10.1. The molecule has 0 radical (unpaired) electrons. The van der Waals surface area contributed by atoms with Gasteiger partial charge in [-0.3, -0.25) is 14.6 Å².